The van der Waals surface area contributed by atoms with Crippen molar-refractivity contribution in [2.75, 3.05) is 19.8 Å². The average molecular weight is 290 g/mol. The topological polar surface area (TPSA) is 93.1 Å². The van der Waals surface area contributed by atoms with Crippen molar-refractivity contribution in [3.05, 3.63) is 0 Å². The normalized spacial score (nSPS) is 11.9. The van der Waals surface area contributed by atoms with Crippen molar-refractivity contribution in [1.82, 2.24) is 0 Å². The predicted molar refractivity (Wildman–Crippen MR) is 73.0 cm³/mol. The molecule has 6 nitrogen and oxygen atoms in total. The van der Waals surface area contributed by atoms with Gasteiger partial charge in [-0.3, -0.25) is 9.59 Å². The second kappa shape index (κ2) is 12.9. The first-order valence-electron chi connectivity index (χ1n) is 7.20. The van der Waals surface area contributed by atoms with Crippen LogP contribution in [0.5, 0.6) is 0 Å². The Morgan fingerprint density at radius 2 is 1.45 bits per heavy atom. The van der Waals surface area contributed by atoms with Gasteiger partial charge >= 0.3 is 11.9 Å². The minimum Gasteiger partial charge on any atom is -0.466 e. The van der Waals surface area contributed by atoms with E-state index >= 15 is 0 Å². The highest BCUT2D eigenvalue weighted by Crippen LogP contribution is 2.08. The Balaban J connectivity index is 3.31. The van der Waals surface area contributed by atoms with Crippen LogP contribution in [0.4, 0.5) is 0 Å². The molecule has 0 rings (SSSR count). The van der Waals surface area contributed by atoms with Crippen LogP contribution >= 0.6 is 0 Å². The highest BCUT2D eigenvalue weighted by Gasteiger charge is 2.07. The van der Waals surface area contributed by atoms with E-state index in [0.717, 1.165) is 32.1 Å². The van der Waals surface area contributed by atoms with Crippen molar-refractivity contribution >= 4 is 11.9 Å². The third-order valence-corrected chi connectivity index (χ3v) is 2.71. The molecular weight excluding hydrogens is 264 g/mol. The fourth-order valence-electron chi connectivity index (χ4n) is 1.62. The van der Waals surface area contributed by atoms with Gasteiger partial charge in [0.15, 0.2) is 0 Å². The SMILES string of the molecule is CCOC(=O)CCCCCCCC(=O)OCC(O)CO. The Morgan fingerprint density at radius 1 is 0.950 bits per heavy atom. The van der Waals surface area contributed by atoms with Crippen molar-refractivity contribution in [2.45, 2.75) is 58.0 Å². The van der Waals surface area contributed by atoms with E-state index in [-0.39, 0.29) is 18.5 Å². The molecule has 0 bridgehead atoms. The van der Waals surface area contributed by atoms with Gasteiger partial charge in [-0.1, -0.05) is 19.3 Å². The van der Waals surface area contributed by atoms with Crippen molar-refractivity contribution in [1.29, 1.82) is 0 Å². The number of ether oxygens (including phenoxy) is 2. The van der Waals surface area contributed by atoms with Crippen molar-refractivity contribution in [2.24, 2.45) is 0 Å². The zero-order chi connectivity index (χ0) is 15.2. The van der Waals surface area contributed by atoms with Crippen LogP contribution < -0.4 is 0 Å². The van der Waals surface area contributed by atoms with E-state index in [1.807, 2.05) is 0 Å². The fraction of sp³-hybridized carbons (Fsp3) is 0.857. The van der Waals surface area contributed by atoms with Gasteiger partial charge in [0.05, 0.1) is 13.2 Å². The summed E-state index contributed by atoms with van der Waals surface area (Å²) in [6.07, 6.45) is 4.12. The molecule has 0 aromatic heterocycles. The molecule has 0 aromatic rings. The second-order valence-corrected chi connectivity index (χ2v) is 4.59. The molecule has 6 heteroatoms. The fourth-order valence-corrected chi connectivity index (χ4v) is 1.62. The number of aliphatic hydroxyl groups excluding tert-OH is 2. The van der Waals surface area contributed by atoms with Gasteiger partial charge < -0.3 is 19.7 Å². The second-order valence-electron chi connectivity index (χ2n) is 4.59. The lowest BCUT2D eigenvalue weighted by Gasteiger charge is -2.08. The third kappa shape index (κ3) is 11.9. The van der Waals surface area contributed by atoms with Crippen LogP contribution in [0.3, 0.4) is 0 Å². The van der Waals surface area contributed by atoms with E-state index in [1.54, 1.807) is 6.92 Å². The number of hydrogen-bond donors (Lipinski definition) is 2. The number of carbonyl (C=O) groups excluding carboxylic acids is 2. The van der Waals surface area contributed by atoms with Crippen LogP contribution in [-0.4, -0.2) is 48.1 Å². The molecule has 0 fully saturated rings. The number of hydrogen-bond acceptors (Lipinski definition) is 6. The van der Waals surface area contributed by atoms with E-state index < -0.39 is 12.7 Å². The molecule has 0 aliphatic heterocycles. The summed E-state index contributed by atoms with van der Waals surface area (Å²) in [5, 5.41) is 17.5. The summed E-state index contributed by atoms with van der Waals surface area (Å²) in [7, 11) is 0. The van der Waals surface area contributed by atoms with E-state index in [2.05, 4.69) is 0 Å². The maximum atomic E-state index is 11.2. The Morgan fingerprint density at radius 3 is 1.95 bits per heavy atom. The maximum Gasteiger partial charge on any atom is 0.305 e. The van der Waals surface area contributed by atoms with Crippen LogP contribution in [0.1, 0.15) is 51.9 Å². The predicted octanol–water partition coefficient (Wildman–Crippen LogP) is 1.18. The summed E-state index contributed by atoms with van der Waals surface area (Å²) < 4.78 is 9.59. The summed E-state index contributed by atoms with van der Waals surface area (Å²) in [5.74, 6) is -0.512. The average Bonchev–Trinajstić information content (AvgIpc) is 2.43. The molecule has 0 amide bonds. The van der Waals surface area contributed by atoms with Crippen molar-refractivity contribution in [3.8, 4) is 0 Å². The zero-order valence-corrected chi connectivity index (χ0v) is 12.2. The molecule has 20 heavy (non-hydrogen) atoms. The molecule has 1 unspecified atom stereocenters. The lowest BCUT2D eigenvalue weighted by atomic mass is 10.1. The van der Waals surface area contributed by atoms with Gasteiger partial charge in [0, 0.05) is 12.8 Å². The molecule has 2 N–H and O–H groups in total. The van der Waals surface area contributed by atoms with E-state index in [0.29, 0.717) is 19.4 Å². The van der Waals surface area contributed by atoms with Crippen molar-refractivity contribution in [3.63, 3.8) is 0 Å². The molecule has 118 valence electrons. The first kappa shape index (κ1) is 18.9. The summed E-state index contributed by atoms with van der Waals surface area (Å²) in [6, 6.07) is 0. The quantitative estimate of drug-likeness (QED) is 0.414. The van der Waals surface area contributed by atoms with Gasteiger partial charge in [-0.15, -0.1) is 0 Å². The molecule has 0 aromatic carbocycles. The van der Waals surface area contributed by atoms with Gasteiger partial charge in [0.1, 0.15) is 12.7 Å². The summed E-state index contributed by atoms with van der Waals surface area (Å²) in [6.45, 7) is 1.64. The van der Waals surface area contributed by atoms with Gasteiger partial charge in [0.2, 0.25) is 0 Å². The Hall–Kier alpha value is -1.14. The zero-order valence-electron chi connectivity index (χ0n) is 12.2. The van der Waals surface area contributed by atoms with Gasteiger partial charge in [-0.25, -0.2) is 0 Å². The molecule has 0 aliphatic rings. The number of unbranched alkanes of at least 4 members (excludes halogenated alkanes) is 4. The minimum atomic E-state index is -0.998. The highest BCUT2D eigenvalue weighted by molar-refractivity contribution is 5.69. The number of esters is 2. The lowest BCUT2D eigenvalue weighted by Crippen LogP contribution is -2.21. The molecule has 0 saturated heterocycles. The van der Waals surface area contributed by atoms with Gasteiger partial charge in [0.25, 0.3) is 0 Å². The number of carbonyl (C=O) groups is 2. The summed E-state index contributed by atoms with van der Waals surface area (Å²) >= 11 is 0. The Labute approximate surface area is 120 Å². The highest BCUT2D eigenvalue weighted by atomic mass is 16.5. The van der Waals surface area contributed by atoms with Crippen LogP contribution in [-0.2, 0) is 19.1 Å². The van der Waals surface area contributed by atoms with Gasteiger partial charge in [-0.2, -0.15) is 0 Å². The Kier molecular flexibility index (Phi) is 12.1. The first-order chi connectivity index (χ1) is 9.60. The smallest absolute Gasteiger partial charge is 0.305 e. The van der Waals surface area contributed by atoms with Crippen LogP contribution in [0.2, 0.25) is 0 Å². The lowest BCUT2D eigenvalue weighted by molar-refractivity contribution is -0.147. The maximum absolute atomic E-state index is 11.2. The van der Waals surface area contributed by atoms with E-state index in [4.69, 9.17) is 19.7 Å². The monoisotopic (exact) mass is 290 g/mol. The largest absolute Gasteiger partial charge is 0.466 e. The summed E-state index contributed by atoms with van der Waals surface area (Å²) in [4.78, 5) is 22.3. The summed E-state index contributed by atoms with van der Waals surface area (Å²) in [5.41, 5.74) is 0. The first-order valence-corrected chi connectivity index (χ1v) is 7.20. The Bertz CT molecular complexity index is 266. The van der Waals surface area contributed by atoms with Crippen LogP contribution in [0.25, 0.3) is 0 Å². The number of rotatable bonds is 12. The number of aliphatic hydroxyl groups is 2. The third-order valence-electron chi connectivity index (χ3n) is 2.71. The molecule has 0 aliphatic carbocycles. The van der Waals surface area contributed by atoms with Crippen molar-refractivity contribution < 1.29 is 29.3 Å². The molecule has 0 radical (unpaired) electrons. The minimum absolute atomic E-state index is 0.154. The van der Waals surface area contributed by atoms with Gasteiger partial charge in [-0.05, 0) is 19.8 Å². The van der Waals surface area contributed by atoms with E-state index in [1.165, 1.54) is 0 Å². The standard InChI is InChI=1S/C14H26O6/c1-2-19-13(17)8-6-4-3-5-7-9-14(18)20-11-12(16)10-15/h12,15-16H,2-11H2,1H3. The molecule has 0 saturated carbocycles. The van der Waals surface area contributed by atoms with Crippen LogP contribution in [0.15, 0.2) is 0 Å². The molecule has 0 spiro atoms. The molecule has 1 atom stereocenters. The van der Waals surface area contributed by atoms with Crippen LogP contribution in [0, 0.1) is 0 Å². The molecule has 0 heterocycles. The molecular formula is C14H26O6. The van der Waals surface area contributed by atoms with E-state index in [9.17, 15) is 9.59 Å².